The highest BCUT2D eigenvalue weighted by Gasteiger charge is 2.21. The fourth-order valence-corrected chi connectivity index (χ4v) is 2.15. The van der Waals surface area contributed by atoms with Crippen LogP contribution >= 0.6 is 0 Å². The molecule has 4 nitrogen and oxygen atoms in total. The molecule has 4 heteroatoms. The van der Waals surface area contributed by atoms with Crippen LogP contribution in [0.4, 0.5) is 0 Å². The van der Waals surface area contributed by atoms with E-state index in [0.29, 0.717) is 6.54 Å². The Morgan fingerprint density at radius 1 is 1.29 bits per heavy atom. The van der Waals surface area contributed by atoms with Crippen LogP contribution < -0.4 is 11.1 Å². The molecule has 1 aliphatic rings. The molecule has 0 spiro atoms. The average Bonchev–Trinajstić information content (AvgIpc) is 2.57. The third-order valence-corrected chi connectivity index (χ3v) is 3.31. The summed E-state index contributed by atoms with van der Waals surface area (Å²) in [4.78, 5) is 11.8. The molecule has 2 atom stereocenters. The molecule has 17 heavy (non-hydrogen) atoms. The number of rotatable bonds is 5. The Morgan fingerprint density at radius 3 is 2.41 bits per heavy atom. The maximum atomic E-state index is 11.8. The summed E-state index contributed by atoms with van der Waals surface area (Å²) in [6.45, 7) is 4.18. The summed E-state index contributed by atoms with van der Waals surface area (Å²) in [6, 6.07) is 0.0164. The van der Waals surface area contributed by atoms with Gasteiger partial charge in [0.05, 0.1) is 6.10 Å². The van der Waals surface area contributed by atoms with Gasteiger partial charge in [-0.3, -0.25) is 4.79 Å². The van der Waals surface area contributed by atoms with E-state index in [1.165, 1.54) is 25.7 Å². The smallest absolute Gasteiger partial charge is 0.249 e. The van der Waals surface area contributed by atoms with E-state index in [9.17, 15) is 4.79 Å². The molecule has 1 rings (SSSR count). The molecule has 3 N–H and O–H groups in total. The highest BCUT2D eigenvalue weighted by molar-refractivity contribution is 5.80. The second-order valence-electron chi connectivity index (χ2n) is 5.04. The van der Waals surface area contributed by atoms with Gasteiger partial charge >= 0.3 is 0 Å². The lowest BCUT2D eigenvalue weighted by Gasteiger charge is -2.22. The number of hydrogen-bond acceptors (Lipinski definition) is 3. The summed E-state index contributed by atoms with van der Waals surface area (Å²) in [5.41, 5.74) is 5.47. The normalized spacial score (nSPS) is 21.6. The lowest BCUT2D eigenvalue weighted by Crippen LogP contribution is -2.44. The molecule has 0 bridgehead atoms. The fraction of sp³-hybridized carbons (Fsp3) is 0.923. The van der Waals surface area contributed by atoms with E-state index in [1.54, 1.807) is 0 Å². The van der Waals surface area contributed by atoms with E-state index in [1.807, 2.05) is 13.8 Å². The van der Waals surface area contributed by atoms with Crippen LogP contribution in [-0.4, -0.2) is 30.7 Å². The molecular formula is C13H26N2O2. The third-order valence-electron chi connectivity index (χ3n) is 3.31. The number of hydrogen-bond donors (Lipinski definition) is 2. The van der Waals surface area contributed by atoms with Crippen molar-refractivity contribution in [3.8, 4) is 0 Å². The SMILES string of the molecule is CC(OC1CCCCCC1)C(=O)N[C@@H](C)CN. The lowest BCUT2D eigenvalue weighted by atomic mass is 10.1. The van der Waals surface area contributed by atoms with Gasteiger partial charge in [-0.25, -0.2) is 0 Å². The molecular weight excluding hydrogens is 216 g/mol. The number of amides is 1. The van der Waals surface area contributed by atoms with Gasteiger partial charge in [0.1, 0.15) is 6.10 Å². The van der Waals surface area contributed by atoms with Crippen LogP contribution in [0.25, 0.3) is 0 Å². The number of nitrogens with one attached hydrogen (secondary N) is 1. The standard InChI is InChI=1S/C13H26N2O2/c1-10(9-14)15-13(16)11(2)17-12-7-5-3-4-6-8-12/h10-12H,3-9,14H2,1-2H3,(H,15,16)/t10-,11?/m0/s1. The Labute approximate surface area is 104 Å². The molecule has 0 aromatic heterocycles. The molecule has 100 valence electrons. The molecule has 1 amide bonds. The minimum Gasteiger partial charge on any atom is -0.365 e. The van der Waals surface area contributed by atoms with Gasteiger partial charge in [-0.15, -0.1) is 0 Å². The first-order valence-electron chi connectivity index (χ1n) is 6.79. The molecule has 0 aromatic carbocycles. The van der Waals surface area contributed by atoms with E-state index >= 15 is 0 Å². The maximum Gasteiger partial charge on any atom is 0.249 e. The Bertz CT molecular complexity index is 225. The van der Waals surface area contributed by atoms with Crippen molar-refractivity contribution >= 4 is 5.91 Å². The Morgan fingerprint density at radius 2 is 1.88 bits per heavy atom. The number of nitrogens with two attached hydrogens (primary N) is 1. The molecule has 0 aromatic rings. The Kier molecular flexibility index (Phi) is 6.52. The van der Waals surface area contributed by atoms with Gasteiger partial charge < -0.3 is 15.8 Å². The number of ether oxygens (including phenoxy) is 1. The summed E-state index contributed by atoms with van der Waals surface area (Å²) >= 11 is 0. The van der Waals surface area contributed by atoms with Crippen LogP contribution in [0.5, 0.6) is 0 Å². The third kappa shape index (κ3) is 5.50. The zero-order chi connectivity index (χ0) is 12.7. The van der Waals surface area contributed by atoms with Crippen LogP contribution in [0.1, 0.15) is 52.4 Å². The highest BCUT2D eigenvalue weighted by Crippen LogP contribution is 2.20. The van der Waals surface area contributed by atoms with Crippen molar-refractivity contribution in [1.29, 1.82) is 0 Å². The van der Waals surface area contributed by atoms with Crippen LogP contribution in [0.3, 0.4) is 0 Å². The van der Waals surface area contributed by atoms with Gasteiger partial charge in [0.2, 0.25) is 5.91 Å². The largest absolute Gasteiger partial charge is 0.365 e. The Hall–Kier alpha value is -0.610. The van der Waals surface area contributed by atoms with Gasteiger partial charge in [-0.2, -0.15) is 0 Å². The van der Waals surface area contributed by atoms with Crippen molar-refractivity contribution in [3.05, 3.63) is 0 Å². The van der Waals surface area contributed by atoms with E-state index in [-0.39, 0.29) is 24.2 Å². The maximum absolute atomic E-state index is 11.8. The quantitative estimate of drug-likeness (QED) is 0.719. The van der Waals surface area contributed by atoms with E-state index < -0.39 is 0 Å². The van der Waals surface area contributed by atoms with Gasteiger partial charge in [-0.1, -0.05) is 25.7 Å². The van der Waals surface area contributed by atoms with Crippen molar-refractivity contribution in [2.75, 3.05) is 6.54 Å². The fourth-order valence-electron chi connectivity index (χ4n) is 2.15. The zero-order valence-corrected chi connectivity index (χ0v) is 11.1. The molecule has 1 unspecified atom stereocenters. The molecule has 0 aliphatic heterocycles. The first-order chi connectivity index (χ1) is 8.13. The van der Waals surface area contributed by atoms with Gasteiger partial charge in [-0.05, 0) is 26.7 Å². The van der Waals surface area contributed by atoms with Crippen molar-refractivity contribution < 1.29 is 9.53 Å². The molecule has 1 saturated carbocycles. The highest BCUT2D eigenvalue weighted by atomic mass is 16.5. The molecule has 0 saturated heterocycles. The topological polar surface area (TPSA) is 64.3 Å². The molecule has 0 radical (unpaired) electrons. The van der Waals surface area contributed by atoms with Gasteiger partial charge in [0.25, 0.3) is 0 Å². The van der Waals surface area contributed by atoms with Crippen molar-refractivity contribution in [2.24, 2.45) is 5.73 Å². The predicted molar refractivity (Wildman–Crippen MR) is 68.7 cm³/mol. The van der Waals surface area contributed by atoms with Gasteiger partial charge in [0, 0.05) is 12.6 Å². The minimum absolute atomic E-state index is 0.0164. The second-order valence-corrected chi connectivity index (χ2v) is 5.04. The monoisotopic (exact) mass is 242 g/mol. The van der Waals surface area contributed by atoms with Gasteiger partial charge in [0.15, 0.2) is 0 Å². The van der Waals surface area contributed by atoms with Crippen molar-refractivity contribution in [1.82, 2.24) is 5.32 Å². The van der Waals surface area contributed by atoms with E-state index in [4.69, 9.17) is 10.5 Å². The van der Waals surface area contributed by atoms with Crippen LogP contribution in [0, 0.1) is 0 Å². The van der Waals surface area contributed by atoms with E-state index in [2.05, 4.69) is 5.32 Å². The zero-order valence-electron chi connectivity index (χ0n) is 11.1. The van der Waals surface area contributed by atoms with Crippen molar-refractivity contribution in [2.45, 2.75) is 70.6 Å². The summed E-state index contributed by atoms with van der Waals surface area (Å²) in [7, 11) is 0. The molecule has 0 heterocycles. The van der Waals surface area contributed by atoms with Crippen LogP contribution in [0.2, 0.25) is 0 Å². The summed E-state index contributed by atoms with van der Waals surface area (Å²) in [5, 5.41) is 2.85. The predicted octanol–water partition coefficient (Wildman–Crippen LogP) is 1.58. The summed E-state index contributed by atoms with van der Waals surface area (Å²) in [6.07, 6.45) is 7.10. The molecule has 1 aliphatic carbocycles. The average molecular weight is 242 g/mol. The number of carbonyl (C=O) groups is 1. The first kappa shape index (κ1) is 14.5. The van der Waals surface area contributed by atoms with Crippen molar-refractivity contribution in [3.63, 3.8) is 0 Å². The summed E-state index contributed by atoms with van der Waals surface area (Å²) in [5.74, 6) is -0.0489. The van der Waals surface area contributed by atoms with E-state index in [0.717, 1.165) is 12.8 Å². The second kappa shape index (κ2) is 7.67. The summed E-state index contributed by atoms with van der Waals surface area (Å²) < 4.78 is 5.83. The number of carbonyl (C=O) groups excluding carboxylic acids is 1. The molecule has 1 fully saturated rings. The Balaban J connectivity index is 2.31. The minimum atomic E-state index is -0.368. The van der Waals surface area contributed by atoms with Crippen LogP contribution in [-0.2, 0) is 9.53 Å². The van der Waals surface area contributed by atoms with Crippen LogP contribution in [0.15, 0.2) is 0 Å². The lowest BCUT2D eigenvalue weighted by molar-refractivity contribution is -0.136. The first-order valence-corrected chi connectivity index (χ1v) is 6.79.